The SMILES string of the molecule is CCNC(=NCCCCn1cnnc1)NCCc1c[nH]c2c(CC)cccc12. The molecule has 1 aromatic carbocycles. The zero-order valence-electron chi connectivity index (χ0n) is 16.9. The average Bonchev–Trinajstić information content (AvgIpc) is 3.37. The molecule has 3 aromatic rings. The molecule has 0 aliphatic heterocycles. The summed E-state index contributed by atoms with van der Waals surface area (Å²) in [6.45, 7) is 7.75. The largest absolute Gasteiger partial charge is 0.361 e. The molecule has 3 rings (SSSR count). The summed E-state index contributed by atoms with van der Waals surface area (Å²) in [5, 5.41) is 15.8. The van der Waals surface area contributed by atoms with Crippen molar-refractivity contribution in [2.45, 2.75) is 46.1 Å². The summed E-state index contributed by atoms with van der Waals surface area (Å²) in [5.41, 5.74) is 3.99. The standard InChI is InChI=1S/C21H31N7/c1-3-17-8-7-9-19-18(14-25-20(17)19)10-12-24-21(22-4-2)23-11-5-6-13-28-15-26-27-16-28/h7-9,14-16,25H,3-6,10-13H2,1-2H3,(H2,22,23,24). The van der Waals surface area contributed by atoms with E-state index in [2.05, 4.69) is 69.1 Å². The van der Waals surface area contributed by atoms with Gasteiger partial charge in [-0.25, -0.2) is 0 Å². The molecule has 2 aromatic heterocycles. The maximum Gasteiger partial charge on any atom is 0.191 e. The number of nitrogens with one attached hydrogen (secondary N) is 3. The number of hydrogen-bond acceptors (Lipinski definition) is 3. The predicted octanol–water partition coefficient (Wildman–Crippen LogP) is 2.90. The van der Waals surface area contributed by atoms with E-state index >= 15 is 0 Å². The Labute approximate surface area is 166 Å². The van der Waals surface area contributed by atoms with E-state index in [1.54, 1.807) is 12.7 Å². The number of guanidine groups is 1. The summed E-state index contributed by atoms with van der Waals surface area (Å²) in [6.07, 6.45) is 9.76. The van der Waals surface area contributed by atoms with E-state index in [4.69, 9.17) is 0 Å². The summed E-state index contributed by atoms with van der Waals surface area (Å²) in [5.74, 6) is 0.890. The molecule has 0 atom stereocenters. The quantitative estimate of drug-likeness (QED) is 0.286. The molecule has 0 spiro atoms. The van der Waals surface area contributed by atoms with E-state index in [1.807, 2.05) is 4.57 Å². The van der Waals surface area contributed by atoms with Gasteiger partial charge in [-0.05, 0) is 43.7 Å². The smallest absolute Gasteiger partial charge is 0.191 e. The lowest BCUT2D eigenvalue weighted by Crippen LogP contribution is -2.38. The summed E-state index contributed by atoms with van der Waals surface area (Å²) in [7, 11) is 0. The van der Waals surface area contributed by atoms with Crippen LogP contribution in [0.2, 0.25) is 0 Å². The Hall–Kier alpha value is -2.83. The lowest BCUT2D eigenvalue weighted by atomic mass is 10.1. The highest BCUT2D eigenvalue weighted by molar-refractivity contribution is 5.86. The molecule has 28 heavy (non-hydrogen) atoms. The van der Waals surface area contributed by atoms with E-state index < -0.39 is 0 Å². The molecule has 0 aliphatic rings. The Bertz CT molecular complexity index is 864. The van der Waals surface area contributed by atoms with Crippen LogP contribution in [0.15, 0.2) is 42.0 Å². The first-order valence-electron chi connectivity index (χ1n) is 10.2. The highest BCUT2D eigenvalue weighted by Gasteiger charge is 2.06. The average molecular weight is 382 g/mol. The Morgan fingerprint density at radius 2 is 1.96 bits per heavy atom. The van der Waals surface area contributed by atoms with Crippen molar-refractivity contribution < 1.29 is 0 Å². The third kappa shape index (κ3) is 5.34. The third-order valence-electron chi connectivity index (χ3n) is 4.86. The fourth-order valence-electron chi connectivity index (χ4n) is 3.37. The topological polar surface area (TPSA) is 82.9 Å². The Morgan fingerprint density at radius 1 is 1.11 bits per heavy atom. The number of unbranched alkanes of at least 4 members (excludes halogenated alkanes) is 1. The van der Waals surface area contributed by atoms with Crippen molar-refractivity contribution in [1.29, 1.82) is 0 Å². The van der Waals surface area contributed by atoms with Gasteiger partial charge in [0.15, 0.2) is 5.96 Å². The molecular formula is C21H31N7. The van der Waals surface area contributed by atoms with Gasteiger partial charge in [0.2, 0.25) is 0 Å². The number of aromatic amines is 1. The molecule has 7 heteroatoms. The molecule has 0 bridgehead atoms. The van der Waals surface area contributed by atoms with Crippen LogP contribution in [-0.4, -0.2) is 45.3 Å². The van der Waals surface area contributed by atoms with Crippen molar-refractivity contribution in [3.05, 3.63) is 48.2 Å². The summed E-state index contributed by atoms with van der Waals surface area (Å²) in [6, 6.07) is 6.55. The van der Waals surface area contributed by atoms with Crippen molar-refractivity contribution in [2.75, 3.05) is 19.6 Å². The van der Waals surface area contributed by atoms with Gasteiger partial charge < -0.3 is 20.2 Å². The van der Waals surface area contributed by atoms with Crippen LogP contribution in [0.1, 0.15) is 37.8 Å². The minimum atomic E-state index is 0.810. The molecule has 0 unspecified atom stereocenters. The van der Waals surface area contributed by atoms with E-state index in [9.17, 15) is 0 Å². The second-order valence-corrected chi connectivity index (χ2v) is 6.85. The highest BCUT2D eigenvalue weighted by atomic mass is 15.2. The number of H-pyrrole nitrogens is 1. The second kappa shape index (κ2) is 10.5. The fourth-order valence-corrected chi connectivity index (χ4v) is 3.37. The number of aryl methyl sites for hydroxylation is 2. The predicted molar refractivity (Wildman–Crippen MR) is 115 cm³/mol. The zero-order valence-corrected chi connectivity index (χ0v) is 16.9. The Morgan fingerprint density at radius 3 is 2.75 bits per heavy atom. The Kier molecular flexibility index (Phi) is 7.46. The van der Waals surface area contributed by atoms with Gasteiger partial charge in [0, 0.05) is 43.3 Å². The molecule has 0 amide bonds. The number of rotatable bonds is 10. The second-order valence-electron chi connectivity index (χ2n) is 6.85. The molecule has 0 fully saturated rings. The van der Waals surface area contributed by atoms with Crippen molar-refractivity contribution in [1.82, 2.24) is 30.4 Å². The third-order valence-corrected chi connectivity index (χ3v) is 4.86. The molecule has 2 heterocycles. The van der Waals surface area contributed by atoms with E-state index in [1.165, 1.54) is 22.0 Å². The van der Waals surface area contributed by atoms with Crippen molar-refractivity contribution in [3.63, 3.8) is 0 Å². The van der Waals surface area contributed by atoms with Gasteiger partial charge in [0.25, 0.3) is 0 Å². The van der Waals surface area contributed by atoms with Gasteiger partial charge in [-0.2, -0.15) is 0 Å². The number of hydrogen-bond donors (Lipinski definition) is 3. The summed E-state index contributed by atoms with van der Waals surface area (Å²) < 4.78 is 2.00. The first-order chi connectivity index (χ1) is 13.8. The lowest BCUT2D eigenvalue weighted by molar-refractivity contribution is 0.611. The molecule has 0 radical (unpaired) electrons. The molecule has 150 valence electrons. The maximum absolute atomic E-state index is 4.69. The number of nitrogens with zero attached hydrogens (tertiary/aromatic N) is 4. The summed E-state index contributed by atoms with van der Waals surface area (Å²) in [4.78, 5) is 8.13. The lowest BCUT2D eigenvalue weighted by Gasteiger charge is -2.11. The number of aromatic nitrogens is 4. The van der Waals surface area contributed by atoms with E-state index in [0.29, 0.717) is 0 Å². The molecule has 0 saturated carbocycles. The van der Waals surface area contributed by atoms with Crippen molar-refractivity contribution >= 4 is 16.9 Å². The first-order valence-corrected chi connectivity index (χ1v) is 10.2. The molecule has 0 saturated heterocycles. The minimum absolute atomic E-state index is 0.810. The number of fused-ring (bicyclic) bond motifs is 1. The van der Waals surface area contributed by atoms with Gasteiger partial charge in [0.1, 0.15) is 12.7 Å². The molecule has 7 nitrogen and oxygen atoms in total. The van der Waals surface area contributed by atoms with Gasteiger partial charge >= 0.3 is 0 Å². The van der Waals surface area contributed by atoms with Crippen molar-refractivity contribution in [3.8, 4) is 0 Å². The monoisotopic (exact) mass is 381 g/mol. The van der Waals surface area contributed by atoms with Crippen LogP contribution in [0, 0.1) is 0 Å². The van der Waals surface area contributed by atoms with Gasteiger partial charge in [-0.15, -0.1) is 10.2 Å². The van der Waals surface area contributed by atoms with Gasteiger partial charge in [-0.1, -0.05) is 25.1 Å². The van der Waals surface area contributed by atoms with Crippen LogP contribution in [0.25, 0.3) is 10.9 Å². The maximum atomic E-state index is 4.69. The summed E-state index contributed by atoms with van der Waals surface area (Å²) >= 11 is 0. The van der Waals surface area contributed by atoms with Gasteiger partial charge in [0.05, 0.1) is 0 Å². The highest BCUT2D eigenvalue weighted by Crippen LogP contribution is 2.22. The van der Waals surface area contributed by atoms with Crippen LogP contribution in [0.3, 0.4) is 0 Å². The van der Waals surface area contributed by atoms with Crippen LogP contribution >= 0.6 is 0 Å². The van der Waals surface area contributed by atoms with Crippen LogP contribution in [0.4, 0.5) is 0 Å². The number of aliphatic imine (C=N–C) groups is 1. The van der Waals surface area contributed by atoms with Crippen LogP contribution in [0.5, 0.6) is 0 Å². The molecule has 0 aliphatic carbocycles. The normalized spacial score (nSPS) is 11.9. The number of para-hydroxylation sites is 1. The van der Waals surface area contributed by atoms with E-state index in [0.717, 1.165) is 57.8 Å². The van der Waals surface area contributed by atoms with Gasteiger partial charge in [-0.3, -0.25) is 4.99 Å². The zero-order chi connectivity index (χ0) is 19.6. The minimum Gasteiger partial charge on any atom is -0.361 e. The van der Waals surface area contributed by atoms with Crippen molar-refractivity contribution in [2.24, 2.45) is 4.99 Å². The Balaban J connectivity index is 1.46. The van der Waals surface area contributed by atoms with E-state index in [-0.39, 0.29) is 0 Å². The molecular weight excluding hydrogens is 350 g/mol. The number of benzene rings is 1. The first kappa shape index (κ1) is 19.9. The molecule has 3 N–H and O–H groups in total. The van der Waals surface area contributed by atoms with Crippen LogP contribution in [-0.2, 0) is 19.4 Å². The van der Waals surface area contributed by atoms with Crippen LogP contribution < -0.4 is 10.6 Å². The fraction of sp³-hybridized carbons (Fsp3) is 0.476.